The van der Waals surface area contributed by atoms with Crippen molar-refractivity contribution in [2.75, 3.05) is 20.7 Å². The highest BCUT2D eigenvalue weighted by Crippen LogP contribution is 2.25. The van der Waals surface area contributed by atoms with Crippen molar-refractivity contribution in [3.8, 4) is 5.75 Å². The maximum Gasteiger partial charge on any atom is 0.244 e. The minimum Gasteiger partial charge on any atom is -0.495 e. The van der Waals surface area contributed by atoms with Crippen molar-refractivity contribution in [3.63, 3.8) is 0 Å². The molecule has 0 atom stereocenters. The lowest BCUT2D eigenvalue weighted by atomic mass is 10.1. The van der Waals surface area contributed by atoms with Crippen LogP contribution in [-0.2, 0) is 21.2 Å². The van der Waals surface area contributed by atoms with E-state index in [2.05, 4.69) is 22.2 Å². The largest absolute Gasteiger partial charge is 0.495 e. The summed E-state index contributed by atoms with van der Waals surface area (Å²) in [4.78, 5) is 12.0. The van der Waals surface area contributed by atoms with Crippen molar-refractivity contribution in [2.24, 2.45) is 0 Å². The monoisotopic (exact) mass is 388 g/mol. The summed E-state index contributed by atoms with van der Waals surface area (Å²) in [7, 11) is -0.917. The molecular weight excluding hydrogens is 364 g/mol. The second-order valence-electron chi connectivity index (χ2n) is 5.83. The van der Waals surface area contributed by atoms with Gasteiger partial charge in [0.2, 0.25) is 15.9 Å². The smallest absolute Gasteiger partial charge is 0.244 e. The van der Waals surface area contributed by atoms with Gasteiger partial charge < -0.3 is 10.1 Å². The first kappa shape index (κ1) is 20.7. The molecule has 0 aliphatic rings. The third-order valence-corrected chi connectivity index (χ3v) is 5.39. The van der Waals surface area contributed by atoms with Crippen molar-refractivity contribution in [1.82, 2.24) is 10.0 Å². The number of carbonyl (C=O) groups excluding carboxylic acids is 1. The topological polar surface area (TPSA) is 84.5 Å². The van der Waals surface area contributed by atoms with Crippen LogP contribution in [0.5, 0.6) is 5.75 Å². The summed E-state index contributed by atoms with van der Waals surface area (Å²) in [6.07, 6.45) is 4.70. The van der Waals surface area contributed by atoms with E-state index in [0.717, 1.165) is 12.8 Å². The number of sulfonamides is 1. The molecule has 0 saturated carbocycles. The zero-order valence-electron chi connectivity index (χ0n) is 15.4. The molecule has 0 aliphatic heterocycles. The molecule has 2 rings (SSSR count). The molecule has 0 bridgehead atoms. The van der Waals surface area contributed by atoms with Crippen LogP contribution >= 0.6 is 0 Å². The summed E-state index contributed by atoms with van der Waals surface area (Å²) < 4.78 is 31.5. The number of methoxy groups -OCH3 is 1. The van der Waals surface area contributed by atoms with Crippen LogP contribution < -0.4 is 14.8 Å². The summed E-state index contributed by atoms with van der Waals surface area (Å²) in [5.74, 6) is 0.0174. The normalized spacial score (nSPS) is 11.5. The maximum absolute atomic E-state index is 12.1. The quantitative estimate of drug-likeness (QED) is 0.510. The Morgan fingerprint density at radius 1 is 1.15 bits per heavy atom. The number of nitrogens with one attached hydrogen (secondary N) is 2. The average molecular weight is 388 g/mol. The van der Waals surface area contributed by atoms with E-state index in [1.807, 2.05) is 18.2 Å². The number of carbonyl (C=O) groups is 1. The van der Waals surface area contributed by atoms with Gasteiger partial charge in [0.05, 0.1) is 7.11 Å². The molecular formula is C20H24N2O4S. The van der Waals surface area contributed by atoms with Gasteiger partial charge in [-0.15, -0.1) is 0 Å². The van der Waals surface area contributed by atoms with Crippen molar-refractivity contribution in [2.45, 2.75) is 17.7 Å². The van der Waals surface area contributed by atoms with Gasteiger partial charge in [0.1, 0.15) is 10.6 Å². The lowest BCUT2D eigenvalue weighted by molar-refractivity contribution is -0.116. The average Bonchev–Trinajstić information content (AvgIpc) is 2.70. The van der Waals surface area contributed by atoms with Gasteiger partial charge >= 0.3 is 0 Å². The first-order valence-corrected chi connectivity index (χ1v) is 10.1. The highest BCUT2D eigenvalue weighted by Gasteiger charge is 2.17. The van der Waals surface area contributed by atoms with Crippen LogP contribution in [0, 0.1) is 0 Å². The fourth-order valence-corrected chi connectivity index (χ4v) is 3.42. The third-order valence-electron chi connectivity index (χ3n) is 3.96. The molecule has 0 unspecified atom stereocenters. The number of benzene rings is 2. The first-order chi connectivity index (χ1) is 13.0. The van der Waals surface area contributed by atoms with Gasteiger partial charge in [-0.05, 0) is 49.2 Å². The molecule has 0 aliphatic carbocycles. The van der Waals surface area contributed by atoms with Gasteiger partial charge in [0.25, 0.3) is 0 Å². The van der Waals surface area contributed by atoms with Crippen molar-refractivity contribution in [3.05, 3.63) is 65.7 Å². The summed E-state index contributed by atoms with van der Waals surface area (Å²) in [6, 6.07) is 14.8. The second-order valence-corrected chi connectivity index (χ2v) is 7.69. The van der Waals surface area contributed by atoms with Crippen LogP contribution in [0.1, 0.15) is 17.5 Å². The Morgan fingerprint density at radius 2 is 1.89 bits per heavy atom. The highest BCUT2D eigenvalue weighted by molar-refractivity contribution is 7.89. The molecule has 0 heterocycles. The Morgan fingerprint density at radius 3 is 2.56 bits per heavy atom. The number of amides is 1. The first-order valence-electron chi connectivity index (χ1n) is 8.57. The van der Waals surface area contributed by atoms with E-state index in [4.69, 9.17) is 4.74 Å². The molecule has 2 N–H and O–H groups in total. The van der Waals surface area contributed by atoms with Crippen molar-refractivity contribution >= 4 is 22.0 Å². The third kappa shape index (κ3) is 6.23. The van der Waals surface area contributed by atoms with E-state index < -0.39 is 10.0 Å². The number of rotatable bonds is 9. The Bertz CT molecular complexity index is 893. The van der Waals surface area contributed by atoms with Crippen LogP contribution in [0.3, 0.4) is 0 Å². The summed E-state index contributed by atoms with van der Waals surface area (Å²) in [5, 5.41) is 2.82. The van der Waals surface area contributed by atoms with Crippen molar-refractivity contribution in [1.29, 1.82) is 0 Å². The maximum atomic E-state index is 12.1. The minimum atomic E-state index is -3.66. The highest BCUT2D eigenvalue weighted by atomic mass is 32.2. The molecule has 2 aromatic rings. The number of hydrogen-bond donors (Lipinski definition) is 2. The van der Waals surface area contributed by atoms with Gasteiger partial charge in [0.15, 0.2) is 0 Å². The zero-order valence-corrected chi connectivity index (χ0v) is 16.3. The second kappa shape index (κ2) is 9.89. The molecule has 6 nitrogen and oxygen atoms in total. The van der Waals surface area contributed by atoms with E-state index in [9.17, 15) is 13.2 Å². The van der Waals surface area contributed by atoms with Crippen LogP contribution in [-0.4, -0.2) is 35.0 Å². The zero-order chi connectivity index (χ0) is 19.7. The molecule has 0 fully saturated rings. The van der Waals surface area contributed by atoms with Crippen LogP contribution in [0.25, 0.3) is 6.08 Å². The standard InChI is InChI=1S/C20H24N2O4S/c1-21-27(24,25)19-15-17(10-12-18(19)26-2)11-13-20(23)22-14-6-9-16-7-4-3-5-8-16/h3-5,7-8,10-13,15,21H,6,9,14H2,1-2H3,(H,22,23)/b13-11+. The molecule has 7 heteroatoms. The SMILES string of the molecule is CNS(=O)(=O)c1cc(/C=C/C(=O)NCCCc2ccccc2)ccc1OC. The number of aryl methyl sites for hydroxylation is 1. The van der Waals surface area contributed by atoms with E-state index >= 15 is 0 Å². The van der Waals surface area contributed by atoms with Gasteiger partial charge in [0, 0.05) is 12.6 Å². The molecule has 0 aromatic heterocycles. The molecule has 2 aromatic carbocycles. The van der Waals surface area contributed by atoms with E-state index in [0.29, 0.717) is 12.1 Å². The summed E-state index contributed by atoms with van der Waals surface area (Å²) >= 11 is 0. The van der Waals surface area contributed by atoms with E-state index in [-0.39, 0.29) is 16.6 Å². The van der Waals surface area contributed by atoms with Crippen molar-refractivity contribution < 1.29 is 17.9 Å². The van der Waals surface area contributed by atoms with Gasteiger partial charge in [-0.3, -0.25) is 4.79 Å². The minimum absolute atomic E-state index is 0.0259. The van der Waals surface area contributed by atoms with Gasteiger partial charge in [-0.2, -0.15) is 0 Å². The summed E-state index contributed by atoms with van der Waals surface area (Å²) in [6.45, 7) is 0.570. The lowest BCUT2D eigenvalue weighted by Gasteiger charge is -2.09. The number of hydrogen-bond acceptors (Lipinski definition) is 4. The van der Waals surface area contributed by atoms with Crippen LogP contribution in [0.4, 0.5) is 0 Å². The molecule has 144 valence electrons. The van der Waals surface area contributed by atoms with Gasteiger partial charge in [-0.25, -0.2) is 13.1 Å². The Labute approximate surface area is 160 Å². The van der Waals surface area contributed by atoms with E-state index in [1.165, 1.54) is 31.9 Å². The van der Waals surface area contributed by atoms with Crippen LogP contribution in [0.15, 0.2) is 59.5 Å². The van der Waals surface area contributed by atoms with E-state index in [1.54, 1.807) is 18.2 Å². The molecule has 0 spiro atoms. The molecule has 0 radical (unpaired) electrons. The summed E-state index contributed by atoms with van der Waals surface area (Å²) in [5.41, 5.74) is 1.82. The number of ether oxygens (including phenoxy) is 1. The lowest BCUT2D eigenvalue weighted by Crippen LogP contribution is -2.22. The Balaban J connectivity index is 1.92. The Hall–Kier alpha value is -2.64. The van der Waals surface area contributed by atoms with Gasteiger partial charge in [-0.1, -0.05) is 36.4 Å². The molecule has 0 saturated heterocycles. The Kier molecular flexibility index (Phi) is 7.57. The fraction of sp³-hybridized carbons (Fsp3) is 0.250. The fourth-order valence-electron chi connectivity index (χ4n) is 2.50. The van der Waals surface area contributed by atoms with Crippen LogP contribution in [0.2, 0.25) is 0 Å². The molecule has 1 amide bonds. The molecule has 27 heavy (non-hydrogen) atoms. The predicted octanol–water partition coefficient (Wildman–Crippen LogP) is 2.37. The predicted molar refractivity (Wildman–Crippen MR) is 106 cm³/mol.